The van der Waals surface area contributed by atoms with Crippen molar-refractivity contribution in [3.63, 3.8) is 0 Å². The molecule has 0 radical (unpaired) electrons. The van der Waals surface area contributed by atoms with Gasteiger partial charge in [0.05, 0.1) is 4.32 Å². The minimum absolute atomic E-state index is 0.203. The molecule has 0 aromatic rings. The van der Waals surface area contributed by atoms with Gasteiger partial charge in [-0.25, -0.2) is 10.0 Å². The second-order valence-corrected chi connectivity index (χ2v) is 6.32. The predicted molar refractivity (Wildman–Crippen MR) is 55.3 cm³/mol. The molecule has 0 N–H and O–H groups in total. The van der Waals surface area contributed by atoms with Crippen molar-refractivity contribution in [2.45, 2.75) is 16.1 Å². The largest absolute Gasteiger partial charge is 0.244 e. The van der Waals surface area contributed by atoms with E-state index >= 15 is 0 Å². The molecule has 1 saturated heterocycles. The van der Waals surface area contributed by atoms with E-state index in [1.165, 1.54) is 0 Å². The van der Waals surface area contributed by atoms with E-state index in [4.69, 9.17) is 0 Å². The van der Waals surface area contributed by atoms with Crippen LogP contribution >= 0.6 is 31.9 Å². The number of nitrogens with zero attached hydrogens (tertiary/aromatic N) is 2. The Morgan fingerprint density at radius 3 is 2.36 bits per heavy atom. The third kappa shape index (κ3) is 2.17. The standard InChI is InChI=1S/C7H14Br2N2/c1-7(9)5-11(3)10(2)4-6(7)8/h6H,4-5H2,1-3H3/t6-,7-/m0/s1. The number of alkyl halides is 2. The van der Waals surface area contributed by atoms with Crippen molar-refractivity contribution in [2.24, 2.45) is 0 Å². The highest BCUT2D eigenvalue weighted by Crippen LogP contribution is 2.32. The average Bonchev–Trinajstić information content (AvgIpc) is 1.83. The van der Waals surface area contributed by atoms with Crippen molar-refractivity contribution in [1.29, 1.82) is 0 Å². The van der Waals surface area contributed by atoms with Gasteiger partial charge < -0.3 is 0 Å². The molecule has 0 aliphatic carbocycles. The van der Waals surface area contributed by atoms with Crippen LogP contribution in [0, 0.1) is 0 Å². The second-order valence-electron chi connectivity index (χ2n) is 3.40. The van der Waals surface area contributed by atoms with Crippen molar-refractivity contribution in [2.75, 3.05) is 27.2 Å². The molecule has 0 bridgehead atoms. The van der Waals surface area contributed by atoms with Crippen LogP contribution in [0.4, 0.5) is 0 Å². The molecule has 1 aliphatic heterocycles. The van der Waals surface area contributed by atoms with Gasteiger partial charge in [0.1, 0.15) is 0 Å². The summed E-state index contributed by atoms with van der Waals surface area (Å²) in [6.07, 6.45) is 0. The Bertz CT molecular complexity index is 149. The molecule has 1 rings (SSSR count). The van der Waals surface area contributed by atoms with E-state index in [0.717, 1.165) is 13.1 Å². The Balaban J connectivity index is 2.63. The summed E-state index contributed by atoms with van der Waals surface area (Å²) in [5, 5.41) is 4.45. The van der Waals surface area contributed by atoms with E-state index in [-0.39, 0.29) is 4.32 Å². The van der Waals surface area contributed by atoms with Gasteiger partial charge in [0.15, 0.2) is 0 Å². The molecule has 1 fully saturated rings. The van der Waals surface area contributed by atoms with Gasteiger partial charge in [0.2, 0.25) is 0 Å². The predicted octanol–water partition coefficient (Wildman–Crippen LogP) is 1.70. The van der Waals surface area contributed by atoms with Gasteiger partial charge in [-0.2, -0.15) is 0 Å². The number of rotatable bonds is 0. The van der Waals surface area contributed by atoms with Crippen LogP contribution in [-0.2, 0) is 0 Å². The molecule has 0 aromatic carbocycles. The molecule has 1 aliphatic rings. The molecule has 0 aromatic heterocycles. The van der Waals surface area contributed by atoms with Gasteiger partial charge in [-0.1, -0.05) is 31.9 Å². The van der Waals surface area contributed by atoms with Gasteiger partial charge in [0, 0.05) is 32.0 Å². The summed E-state index contributed by atoms with van der Waals surface area (Å²) in [6.45, 7) is 4.31. The fourth-order valence-electron chi connectivity index (χ4n) is 1.23. The zero-order valence-corrected chi connectivity index (χ0v) is 10.3. The average molecular weight is 286 g/mol. The lowest BCUT2D eigenvalue weighted by Crippen LogP contribution is -2.57. The van der Waals surface area contributed by atoms with Gasteiger partial charge in [-0.05, 0) is 6.92 Å². The molecule has 4 heteroatoms. The molecule has 2 nitrogen and oxygen atoms in total. The monoisotopic (exact) mass is 284 g/mol. The number of hydrogen-bond donors (Lipinski definition) is 0. The smallest absolute Gasteiger partial charge is 0.0508 e. The van der Waals surface area contributed by atoms with Gasteiger partial charge in [-0.15, -0.1) is 0 Å². The van der Waals surface area contributed by atoms with Crippen molar-refractivity contribution in [3.8, 4) is 0 Å². The second kappa shape index (κ2) is 3.32. The molecule has 66 valence electrons. The fraction of sp³-hybridized carbons (Fsp3) is 1.00. The maximum absolute atomic E-state index is 3.71. The maximum atomic E-state index is 3.71. The lowest BCUT2D eigenvalue weighted by Gasteiger charge is -2.44. The Labute approximate surface area is 85.1 Å². The zero-order chi connectivity index (χ0) is 8.65. The third-order valence-corrected chi connectivity index (χ3v) is 4.92. The minimum Gasteiger partial charge on any atom is -0.244 e. The van der Waals surface area contributed by atoms with Crippen LogP contribution in [0.5, 0.6) is 0 Å². The minimum atomic E-state index is 0.203. The van der Waals surface area contributed by atoms with Crippen LogP contribution < -0.4 is 0 Å². The topological polar surface area (TPSA) is 6.48 Å². The molecule has 1 heterocycles. The lowest BCUT2D eigenvalue weighted by molar-refractivity contribution is -0.00818. The van der Waals surface area contributed by atoms with Crippen LogP contribution in [0.15, 0.2) is 0 Å². The normalized spacial score (nSPS) is 42.8. The first kappa shape index (κ1) is 9.96. The number of hydrazine groups is 1. The van der Waals surface area contributed by atoms with Crippen LogP contribution in [-0.4, -0.2) is 46.4 Å². The fourth-order valence-corrected chi connectivity index (χ4v) is 2.30. The number of hydrogen-bond acceptors (Lipinski definition) is 2. The first-order valence-corrected chi connectivity index (χ1v) is 5.39. The molecule has 0 saturated carbocycles. The molecular weight excluding hydrogens is 272 g/mol. The van der Waals surface area contributed by atoms with E-state index in [1.807, 2.05) is 0 Å². The summed E-state index contributed by atoms with van der Waals surface area (Å²) in [5.41, 5.74) is 0. The molecule has 2 atom stereocenters. The molecule has 0 amide bonds. The van der Waals surface area contributed by atoms with Crippen molar-refractivity contribution < 1.29 is 0 Å². The zero-order valence-electron chi connectivity index (χ0n) is 7.14. The Morgan fingerprint density at radius 2 is 1.91 bits per heavy atom. The first-order valence-electron chi connectivity index (χ1n) is 3.68. The molecule has 0 spiro atoms. The molecule has 0 unspecified atom stereocenters. The van der Waals surface area contributed by atoms with Crippen molar-refractivity contribution >= 4 is 31.9 Å². The van der Waals surface area contributed by atoms with Crippen LogP contribution in [0.1, 0.15) is 6.92 Å². The van der Waals surface area contributed by atoms with Gasteiger partial charge in [0.25, 0.3) is 0 Å². The molecule has 11 heavy (non-hydrogen) atoms. The lowest BCUT2D eigenvalue weighted by atomic mass is 10.1. The van der Waals surface area contributed by atoms with Crippen LogP contribution in [0.3, 0.4) is 0 Å². The third-order valence-electron chi connectivity index (χ3n) is 2.20. The van der Waals surface area contributed by atoms with Gasteiger partial charge >= 0.3 is 0 Å². The quantitative estimate of drug-likeness (QED) is 0.625. The first-order chi connectivity index (χ1) is 4.93. The Hall–Kier alpha value is 0.880. The summed E-state index contributed by atoms with van der Waals surface area (Å²) in [7, 11) is 4.22. The van der Waals surface area contributed by atoms with Crippen LogP contribution in [0.25, 0.3) is 0 Å². The SMILES string of the molecule is CN1C[C@H](Br)[C@@](C)(Br)CN1C. The summed E-state index contributed by atoms with van der Waals surface area (Å²) >= 11 is 7.37. The maximum Gasteiger partial charge on any atom is 0.0508 e. The van der Waals surface area contributed by atoms with Crippen molar-refractivity contribution in [1.82, 2.24) is 10.0 Å². The van der Waals surface area contributed by atoms with Gasteiger partial charge in [-0.3, -0.25) is 0 Å². The summed E-state index contributed by atoms with van der Waals surface area (Å²) in [5.74, 6) is 0. The summed E-state index contributed by atoms with van der Waals surface area (Å²) in [6, 6.07) is 0. The summed E-state index contributed by atoms with van der Waals surface area (Å²) < 4.78 is 0.203. The highest BCUT2D eigenvalue weighted by atomic mass is 79.9. The highest BCUT2D eigenvalue weighted by Gasteiger charge is 2.37. The van der Waals surface area contributed by atoms with E-state index in [2.05, 4.69) is 62.9 Å². The van der Waals surface area contributed by atoms with E-state index in [9.17, 15) is 0 Å². The molecular formula is C7H14Br2N2. The van der Waals surface area contributed by atoms with E-state index in [0.29, 0.717) is 4.83 Å². The Kier molecular flexibility index (Phi) is 3.01. The highest BCUT2D eigenvalue weighted by molar-refractivity contribution is 9.12. The summed E-state index contributed by atoms with van der Waals surface area (Å²) in [4.78, 5) is 0.524. The Morgan fingerprint density at radius 1 is 1.36 bits per heavy atom. The van der Waals surface area contributed by atoms with Crippen LogP contribution in [0.2, 0.25) is 0 Å². The van der Waals surface area contributed by atoms with E-state index < -0.39 is 0 Å². The number of halogens is 2. The van der Waals surface area contributed by atoms with Crippen molar-refractivity contribution in [3.05, 3.63) is 0 Å². The van der Waals surface area contributed by atoms with E-state index in [1.54, 1.807) is 0 Å².